The molecule has 1 heterocycles. The molecule has 0 unspecified atom stereocenters. The molecule has 1 fully saturated rings. The Morgan fingerprint density at radius 2 is 1.76 bits per heavy atom. The van der Waals surface area contributed by atoms with Gasteiger partial charge < -0.3 is 15.1 Å². The van der Waals surface area contributed by atoms with Crippen LogP contribution in [-0.4, -0.2) is 40.1 Å². The molecule has 2 N–H and O–H groups in total. The molecule has 2 rings (SSSR count). The van der Waals surface area contributed by atoms with Gasteiger partial charge in [0.15, 0.2) is 0 Å². The topological polar surface area (TPSA) is 77.8 Å². The van der Waals surface area contributed by atoms with Crippen LogP contribution >= 0.6 is 0 Å². The minimum atomic E-state index is -0.757. The van der Waals surface area contributed by atoms with Gasteiger partial charge in [-0.2, -0.15) is 0 Å². The predicted octanol–water partition coefficient (Wildman–Crippen LogP) is 2.04. The Kier molecular flexibility index (Phi) is 5.20. The highest BCUT2D eigenvalue weighted by atomic mass is 16.4. The molecule has 1 aromatic rings. The summed E-state index contributed by atoms with van der Waals surface area (Å²) in [6, 6.07) is 6.89. The van der Waals surface area contributed by atoms with Crippen molar-refractivity contribution in [3.63, 3.8) is 0 Å². The average molecular weight is 291 g/mol. The number of amides is 1. The quantitative estimate of drug-likeness (QED) is 0.870. The molecule has 0 bridgehead atoms. The van der Waals surface area contributed by atoms with Gasteiger partial charge in [0.05, 0.1) is 0 Å². The highest BCUT2D eigenvalue weighted by molar-refractivity contribution is 5.76. The molecular weight excluding hydrogens is 270 g/mol. The van der Waals surface area contributed by atoms with E-state index < -0.39 is 5.97 Å². The molecule has 0 saturated carbocycles. The summed E-state index contributed by atoms with van der Waals surface area (Å²) in [6.07, 6.45) is 2.87. The number of aryl methyl sites for hydroxylation is 1. The minimum Gasteiger partial charge on any atom is -0.508 e. The zero-order chi connectivity index (χ0) is 15.2. The van der Waals surface area contributed by atoms with Crippen molar-refractivity contribution in [1.82, 2.24) is 4.90 Å². The van der Waals surface area contributed by atoms with Gasteiger partial charge in [0.25, 0.3) is 0 Å². The van der Waals surface area contributed by atoms with Crippen molar-refractivity contribution < 1.29 is 19.8 Å². The molecule has 0 radical (unpaired) electrons. The van der Waals surface area contributed by atoms with E-state index in [1.807, 2.05) is 17.0 Å². The summed E-state index contributed by atoms with van der Waals surface area (Å²) in [5, 5.41) is 18.0. The first-order valence-corrected chi connectivity index (χ1v) is 7.32. The number of carboxylic acids is 1. The highest BCUT2D eigenvalue weighted by Crippen LogP contribution is 2.21. The number of carbonyl (C=O) groups is 2. The van der Waals surface area contributed by atoms with E-state index in [1.165, 1.54) is 0 Å². The number of carboxylic acid groups (broad SMARTS) is 1. The molecule has 1 amide bonds. The van der Waals surface area contributed by atoms with Gasteiger partial charge in [-0.25, -0.2) is 0 Å². The number of hydrogen-bond donors (Lipinski definition) is 2. The van der Waals surface area contributed by atoms with Gasteiger partial charge in [-0.3, -0.25) is 9.59 Å². The van der Waals surface area contributed by atoms with E-state index in [1.54, 1.807) is 12.1 Å². The molecule has 0 atom stereocenters. The first-order chi connectivity index (χ1) is 10.0. The lowest BCUT2D eigenvalue weighted by atomic mass is 9.93. The lowest BCUT2D eigenvalue weighted by Crippen LogP contribution is -2.39. The molecule has 0 aliphatic carbocycles. The number of piperidine rings is 1. The van der Waals surface area contributed by atoms with Crippen LogP contribution in [-0.2, 0) is 16.0 Å². The fraction of sp³-hybridized carbons (Fsp3) is 0.500. The van der Waals surface area contributed by atoms with E-state index in [0.29, 0.717) is 25.9 Å². The van der Waals surface area contributed by atoms with Crippen molar-refractivity contribution in [3.05, 3.63) is 29.8 Å². The van der Waals surface area contributed by atoms with E-state index >= 15 is 0 Å². The maximum atomic E-state index is 12.1. The molecule has 1 saturated heterocycles. The van der Waals surface area contributed by atoms with E-state index in [2.05, 4.69) is 0 Å². The second-order valence-electron chi connectivity index (χ2n) is 5.59. The number of likely N-dealkylation sites (tertiary alicyclic amines) is 1. The summed E-state index contributed by atoms with van der Waals surface area (Å²) < 4.78 is 0. The highest BCUT2D eigenvalue weighted by Gasteiger charge is 2.23. The van der Waals surface area contributed by atoms with Crippen molar-refractivity contribution in [2.45, 2.75) is 32.1 Å². The number of benzene rings is 1. The second kappa shape index (κ2) is 7.11. The fourth-order valence-corrected chi connectivity index (χ4v) is 2.71. The van der Waals surface area contributed by atoms with E-state index in [0.717, 1.165) is 18.4 Å². The van der Waals surface area contributed by atoms with Gasteiger partial charge in [-0.1, -0.05) is 12.1 Å². The summed E-state index contributed by atoms with van der Waals surface area (Å²) in [6.45, 7) is 1.32. The number of aliphatic carboxylic acids is 1. The molecule has 0 spiro atoms. The summed E-state index contributed by atoms with van der Waals surface area (Å²) in [5.74, 6) is -0.210. The van der Waals surface area contributed by atoms with Gasteiger partial charge in [-0.15, -0.1) is 0 Å². The molecule has 1 aliphatic rings. The van der Waals surface area contributed by atoms with Crippen molar-refractivity contribution >= 4 is 11.9 Å². The van der Waals surface area contributed by atoms with Crippen LogP contribution < -0.4 is 0 Å². The molecule has 1 aliphatic heterocycles. The number of phenols is 1. The number of aromatic hydroxyl groups is 1. The summed E-state index contributed by atoms with van der Waals surface area (Å²) >= 11 is 0. The Bertz CT molecular complexity index is 490. The van der Waals surface area contributed by atoms with Crippen LogP contribution in [0.3, 0.4) is 0 Å². The Morgan fingerprint density at radius 3 is 2.33 bits per heavy atom. The third-order valence-corrected chi connectivity index (χ3v) is 3.99. The van der Waals surface area contributed by atoms with Gasteiger partial charge in [0.2, 0.25) is 5.91 Å². The molecule has 5 nitrogen and oxygen atoms in total. The van der Waals surface area contributed by atoms with E-state index in [4.69, 9.17) is 5.11 Å². The Labute approximate surface area is 124 Å². The van der Waals surface area contributed by atoms with Crippen LogP contribution in [0.5, 0.6) is 5.75 Å². The smallest absolute Gasteiger partial charge is 0.303 e. The van der Waals surface area contributed by atoms with Crippen molar-refractivity contribution in [1.29, 1.82) is 0 Å². The number of hydrogen-bond acceptors (Lipinski definition) is 3. The average Bonchev–Trinajstić information content (AvgIpc) is 2.46. The Morgan fingerprint density at radius 1 is 1.14 bits per heavy atom. The molecular formula is C16H21NO4. The molecule has 0 aromatic heterocycles. The molecule has 114 valence electrons. The SMILES string of the molecule is O=C(O)CC1CCN(C(=O)CCc2ccc(O)cc2)CC1. The lowest BCUT2D eigenvalue weighted by molar-refractivity contribution is -0.138. The fourth-order valence-electron chi connectivity index (χ4n) is 2.71. The van der Waals surface area contributed by atoms with Crippen LogP contribution in [0.1, 0.15) is 31.2 Å². The number of carbonyl (C=O) groups excluding carboxylic acids is 1. The monoisotopic (exact) mass is 291 g/mol. The standard InChI is InChI=1S/C16H21NO4/c18-14-4-1-12(2-5-14)3-6-15(19)17-9-7-13(8-10-17)11-16(20)21/h1-2,4-5,13,18H,3,6-11H2,(H,20,21). The first-order valence-electron chi connectivity index (χ1n) is 7.32. The zero-order valence-corrected chi connectivity index (χ0v) is 12.0. The van der Waals surface area contributed by atoms with Crippen LogP contribution in [0.15, 0.2) is 24.3 Å². The van der Waals surface area contributed by atoms with Crippen molar-refractivity contribution in [2.24, 2.45) is 5.92 Å². The number of rotatable bonds is 5. The van der Waals surface area contributed by atoms with E-state index in [-0.39, 0.29) is 24.0 Å². The van der Waals surface area contributed by atoms with Gasteiger partial charge in [0.1, 0.15) is 5.75 Å². The van der Waals surface area contributed by atoms with Crippen LogP contribution in [0.4, 0.5) is 0 Å². The minimum absolute atomic E-state index is 0.122. The summed E-state index contributed by atoms with van der Waals surface area (Å²) in [5.41, 5.74) is 1.03. The second-order valence-corrected chi connectivity index (χ2v) is 5.59. The third kappa shape index (κ3) is 4.77. The Hall–Kier alpha value is -2.04. The molecule has 21 heavy (non-hydrogen) atoms. The van der Waals surface area contributed by atoms with Crippen molar-refractivity contribution in [2.75, 3.05) is 13.1 Å². The number of nitrogens with zero attached hydrogens (tertiary/aromatic N) is 1. The number of phenolic OH excluding ortho intramolecular Hbond substituents is 1. The normalized spacial score (nSPS) is 15.9. The maximum Gasteiger partial charge on any atom is 0.303 e. The third-order valence-electron chi connectivity index (χ3n) is 3.99. The predicted molar refractivity (Wildman–Crippen MR) is 78.0 cm³/mol. The van der Waals surface area contributed by atoms with Gasteiger partial charge >= 0.3 is 5.97 Å². The van der Waals surface area contributed by atoms with Crippen LogP contribution in [0.25, 0.3) is 0 Å². The van der Waals surface area contributed by atoms with Crippen LogP contribution in [0.2, 0.25) is 0 Å². The van der Waals surface area contributed by atoms with Gasteiger partial charge in [0, 0.05) is 25.9 Å². The largest absolute Gasteiger partial charge is 0.508 e. The Balaban J connectivity index is 1.74. The molecule has 1 aromatic carbocycles. The summed E-state index contributed by atoms with van der Waals surface area (Å²) in [7, 11) is 0. The molecule has 5 heteroatoms. The summed E-state index contributed by atoms with van der Waals surface area (Å²) in [4.78, 5) is 24.6. The van der Waals surface area contributed by atoms with Crippen LogP contribution in [0, 0.1) is 5.92 Å². The van der Waals surface area contributed by atoms with Crippen molar-refractivity contribution in [3.8, 4) is 5.75 Å². The maximum absolute atomic E-state index is 12.1. The lowest BCUT2D eigenvalue weighted by Gasteiger charge is -2.31. The van der Waals surface area contributed by atoms with E-state index in [9.17, 15) is 14.7 Å². The zero-order valence-electron chi connectivity index (χ0n) is 12.0. The van der Waals surface area contributed by atoms with Gasteiger partial charge in [-0.05, 0) is 42.9 Å². The first kappa shape index (κ1) is 15.4.